The molecule has 0 radical (unpaired) electrons. The van der Waals surface area contributed by atoms with Gasteiger partial charge in [0.15, 0.2) is 0 Å². The SMILES string of the molecule is O=C(Nc1ccc(F)cc1F)c1ccc(-c2nc3ccccc3s2)s1. The molecule has 0 bridgehead atoms. The average molecular weight is 372 g/mol. The van der Waals surface area contributed by atoms with Crippen molar-refractivity contribution in [3.05, 3.63) is 71.1 Å². The van der Waals surface area contributed by atoms with Crippen LogP contribution in [0.2, 0.25) is 0 Å². The quantitative estimate of drug-likeness (QED) is 0.512. The number of fused-ring (bicyclic) bond motifs is 1. The molecule has 25 heavy (non-hydrogen) atoms. The number of para-hydroxylation sites is 1. The molecule has 0 atom stereocenters. The summed E-state index contributed by atoms with van der Waals surface area (Å²) in [5, 5.41) is 3.29. The van der Waals surface area contributed by atoms with E-state index in [0.717, 1.165) is 32.2 Å². The fourth-order valence-electron chi connectivity index (χ4n) is 2.33. The van der Waals surface area contributed by atoms with Crippen molar-refractivity contribution in [1.82, 2.24) is 4.98 Å². The zero-order chi connectivity index (χ0) is 17.4. The molecular weight excluding hydrogens is 362 g/mol. The molecule has 1 N–H and O–H groups in total. The van der Waals surface area contributed by atoms with E-state index in [1.165, 1.54) is 17.4 Å². The van der Waals surface area contributed by atoms with Crippen LogP contribution < -0.4 is 5.32 Å². The number of aromatic nitrogens is 1. The predicted octanol–water partition coefficient (Wildman–Crippen LogP) is 5.56. The lowest BCUT2D eigenvalue weighted by Gasteiger charge is -2.04. The molecule has 0 fully saturated rings. The minimum absolute atomic E-state index is 0.0543. The number of thiazole rings is 1. The van der Waals surface area contributed by atoms with Crippen LogP contribution in [-0.4, -0.2) is 10.9 Å². The summed E-state index contributed by atoms with van der Waals surface area (Å²) in [5.41, 5.74) is 0.858. The molecule has 0 saturated carbocycles. The van der Waals surface area contributed by atoms with E-state index in [2.05, 4.69) is 10.3 Å². The second-order valence-corrected chi connectivity index (χ2v) is 7.34. The van der Waals surface area contributed by atoms with Gasteiger partial charge in [0.1, 0.15) is 16.6 Å². The van der Waals surface area contributed by atoms with Crippen molar-refractivity contribution in [3.63, 3.8) is 0 Å². The van der Waals surface area contributed by atoms with Crippen molar-refractivity contribution in [2.45, 2.75) is 0 Å². The highest BCUT2D eigenvalue weighted by Crippen LogP contribution is 2.34. The van der Waals surface area contributed by atoms with Gasteiger partial charge in [-0.3, -0.25) is 4.79 Å². The minimum Gasteiger partial charge on any atom is -0.319 e. The van der Waals surface area contributed by atoms with Gasteiger partial charge in [0, 0.05) is 6.07 Å². The summed E-state index contributed by atoms with van der Waals surface area (Å²) >= 11 is 2.83. The Kier molecular flexibility index (Phi) is 4.03. The molecular formula is C18H10F2N2OS2. The molecule has 0 unspecified atom stereocenters. The molecule has 124 valence electrons. The van der Waals surface area contributed by atoms with Crippen molar-refractivity contribution < 1.29 is 13.6 Å². The maximum atomic E-state index is 13.7. The molecule has 2 heterocycles. The van der Waals surface area contributed by atoms with Crippen LogP contribution in [0.1, 0.15) is 9.67 Å². The third kappa shape index (κ3) is 3.16. The number of hydrogen-bond acceptors (Lipinski definition) is 4. The topological polar surface area (TPSA) is 42.0 Å². The molecule has 1 amide bonds. The molecule has 3 nitrogen and oxygen atoms in total. The predicted molar refractivity (Wildman–Crippen MR) is 97.2 cm³/mol. The first kappa shape index (κ1) is 15.9. The zero-order valence-electron chi connectivity index (χ0n) is 12.6. The number of halogens is 2. The van der Waals surface area contributed by atoms with Gasteiger partial charge in [0.05, 0.1) is 25.7 Å². The Labute approximate surface area is 149 Å². The summed E-state index contributed by atoms with van der Waals surface area (Å²) in [4.78, 5) is 18.1. The van der Waals surface area contributed by atoms with Crippen LogP contribution in [0.4, 0.5) is 14.5 Å². The van der Waals surface area contributed by atoms with Crippen LogP contribution in [0.25, 0.3) is 20.1 Å². The Balaban J connectivity index is 1.58. The molecule has 0 aliphatic carbocycles. The summed E-state index contributed by atoms with van der Waals surface area (Å²) in [6, 6.07) is 14.3. The van der Waals surface area contributed by atoms with Gasteiger partial charge >= 0.3 is 0 Å². The number of amides is 1. The third-order valence-corrected chi connectivity index (χ3v) is 5.80. The van der Waals surface area contributed by atoms with Gasteiger partial charge in [0.25, 0.3) is 5.91 Å². The van der Waals surface area contributed by atoms with Crippen molar-refractivity contribution >= 4 is 44.5 Å². The van der Waals surface area contributed by atoms with Crippen LogP contribution in [0.3, 0.4) is 0 Å². The lowest BCUT2D eigenvalue weighted by Crippen LogP contribution is -2.11. The van der Waals surface area contributed by atoms with E-state index >= 15 is 0 Å². The van der Waals surface area contributed by atoms with E-state index in [-0.39, 0.29) is 5.69 Å². The van der Waals surface area contributed by atoms with Crippen LogP contribution in [0, 0.1) is 11.6 Å². The van der Waals surface area contributed by atoms with Gasteiger partial charge in [-0.1, -0.05) is 12.1 Å². The number of hydrogen-bond donors (Lipinski definition) is 1. The fraction of sp³-hybridized carbons (Fsp3) is 0. The maximum absolute atomic E-state index is 13.7. The summed E-state index contributed by atoms with van der Waals surface area (Å²) in [7, 11) is 0. The van der Waals surface area contributed by atoms with Gasteiger partial charge in [0.2, 0.25) is 0 Å². The first-order valence-electron chi connectivity index (χ1n) is 7.32. The molecule has 4 aromatic rings. The van der Waals surface area contributed by atoms with Gasteiger partial charge in [-0.15, -0.1) is 22.7 Å². The standard InChI is InChI=1S/C18H10F2N2OS2/c19-10-5-6-12(11(20)9-10)21-17(23)15-7-8-16(24-15)18-22-13-3-1-2-4-14(13)25-18/h1-9H,(H,21,23). The van der Waals surface area contributed by atoms with Crippen molar-refractivity contribution in [2.75, 3.05) is 5.32 Å². The number of benzene rings is 2. The number of thiophene rings is 1. The molecule has 4 rings (SSSR count). The van der Waals surface area contributed by atoms with Crippen LogP contribution >= 0.6 is 22.7 Å². The Hall–Kier alpha value is -2.64. The normalized spacial score (nSPS) is 11.0. The van der Waals surface area contributed by atoms with E-state index < -0.39 is 17.5 Å². The van der Waals surface area contributed by atoms with E-state index in [4.69, 9.17) is 0 Å². The average Bonchev–Trinajstić information content (AvgIpc) is 3.23. The number of nitrogens with zero attached hydrogens (tertiary/aromatic N) is 1. The lowest BCUT2D eigenvalue weighted by atomic mass is 10.3. The highest BCUT2D eigenvalue weighted by molar-refractivity contribution is 7.26. The minimum atomic E-state index is -0.809. The van der Waals surface area contributed by atoms with Gasteiger partial charge in [-0.25, -0.2) is 13.8 Å². The smallest absolute Gasteiger partial charge is 0.265 e. The molecule has 7 heteroatoms. The molecule has 0 spiro atoms. The lowest BCUT2D eigenvalue weighted by molar-refractivity contribution is 0.103. The number of carbonyl (C=O) groups excluding carboxylic acids is 1. The van der Waals surface area contributed by atoms with E-state index in [0.29, 0.717) is 4.88 Å². The molecule has 0 saturated heterocycles. The summed E-state index contributed by atoms with van der Waals surface area (Å²) in [6.45, 7) is 0. The van der Waals surface area contributed by atoms with Crippen LogP contribution in [0.5, 0.6) is 0 Å². The summed E-state index contributed by atoms with van der Waals surface area (Å²) < 4.78 is 27.7. The van der Waals surface area contributed by atoms with Crippen molar-refractivity contribution in [2.24, 2.45) is 0 Å². The number of anilines is 1. The largest absolute Gasteiger partial charge is 0.319 e. The second-order valence-electron chi connectivity index (χ2n) is 5.23. The monoisotopic (exact) mass is 372 g/mol. The third-order valence-electron chi connectivity index (χ3n) is 3.51. The van der Waals surface area contributed by atoms with Gasteiger partial charge in [-0.2, -0.15) is 0 Å². The molecule has 0 aliphatic heterocycles. The Bertz CT molecular complexity index is 1050. The van der Waals surface area contributed by atoms with Gasteiger partial charge < -0.3 is 5.32 Å². The molecule has 0 aliphatic rings. The maximum Gasteiger partial charge on any atom is 0.265 e. The first-order valence-corrected chi connectivity index (χ1v) is 8.95. The summed E-state index contributed by atoms with van der Waals surface area (Å²) in [6.07, 6.45) is 0. The Morgan fingerprint density at radius 1 is 1.00 bits per heavy atom. The molecule has 2 aromatic carbocycles. The highest BCUT2D eigenvalue weighted by Gasteiger charge is 2.15. The Morgan fingerprint density at radius 2 is 1.84 bits per heavy atom. The highest BCUT2D eigenvalue weighted by atomic mass is 32.1. The van der Waals surface area contributed by atoms with Crippen LogP contribution in [0.15, 0.2) is 54.6 Å². The van der Waals surface area contributed by atoms with Crippen molar-refractivity contribution in [1.29, 1.82) is 0 Å². The van der Waals surface area contributed by atoms with E-state index in [1.807, 2.05) is 30.3 Å². The number of rotatable bonds is 3. The molecule has 2 aromatic heterocycles. The fourth-order valence-corrected chi connectivity index (χ4v) is 4.25. The second kappa shape index (κ2) is 6.34. The van der Waals surface area contributed by atoms with Crippen LogP contribution in [-0.2, 0) is 0 Å². The van der Waals surface area contributed by atoms with E-state index in [9.17, 15) is 13.6 Å². The van der Waals surface area contributed by atoms with E-state index in [1.54, 1.807) is 17.4 Å². The first-order chi connectivity index (χ1) is 12.1. The Morgan fingerprint density at radius 3 is 2.64 bits per heavy atom. The number of carbonyl (C=O) groups is 1. The summed E-state index contributed by atoms with van der Waals surface area (Å²) in [5.74, 6) is -1.94. The number of nitrogens with one attached hydrogen (secondary N) is 1. The van der Waals surface area contributed by atoms with Crippen molar-refractivity contribution in [3.8, 4) is 9.88 Å². The zero-order valence-corrected chi connectivity index (χ0v) is 14.3. The van der Waals surface area contributed by atoms with Gasteiger partial charge in [-0.05, 0) is 36.4 Å².